The molecule has 0 unspecified atom stereocenters. The van der Waals surface area contributed by atoms with E-state index in [1.165, 1.54) is 50.2 Å². The summed E-state index contributed by atoms with van der Waals surface area (Å²) in [5.41, 5.74) is 5.91. The molecule has 1 saturated carbocycles. The lowest BCUT2D eigenvalue weighted by Gasteiger charge is -2.33. The predicted molar refractivity (Wildman–Crippen MR) is 70.5 cm³/mol. The van der Waals surface area contributed by atoms with Gasteiger partial charge in [0.05, 0.1) is 0 Å². The first-order valence-electron chi connectivity index (χ1n) is 6.27. The van der Waals surface area contributed by atoms with Crippen molar-refractivity contribution in [2.75, 3.05) is 25.1 Å². The molecule has 0 aromatic rings. The van der Waals surface area contributed by atoms with Gasteiger partial charge in [0.1, 0.15) is 0 Å². The topological polar surface area (TPSA) is 29.3 Å². The highest BCUT2D eigenvalue weighted by atomic mass is 32.2. The van der Waals surface area contributed by atoms with Crippen LogP contribution in [0.2, 0.25) is 0 Å². The molecule has 0 aromatic heterocycles. The molecule has 2 nitrogen and oxygen atoms in total. The van der Waals surface area contributed by atoms with Crippen molar-refractivity contribution in [3.8, 4) is 0 Å². The molecule has 0 heterocycles. The van der Waals surface area contributed by atoms with E-state index in [0.717, 1.165) is 6.04 Å². The van der Waals surface area contributed by atoms with Crippen molar-refractivity contribution < 1.29 is 0 Å². The molecule has 0 saturated heterocycles. The minimum Gasteiger partial charge on any atom is -0.328 e. The Morgan fingerprint density at radius 3 is 2.53 bits per heavy atom. The smallest absolute Gasteiger partial charge is 0.00933 e. The van der Waals surface area contributed by atoms with Gasteiger partial charge in [0, 0.05) is 12.1 Å². The highest BCUT2D eigenvalue weighted by molar-refractivity contribution is 7.99. The van der Waals surface area contributed by atoms with E-state index in [2.05, 4.69) is 30.6 Å². The van der Waals surface area contributed by atoms with Gasteiger partial charge in [-0.2, -0.15) is 11.8 Å². The first-order chi connectivity index (χ1) is 7.24. The molecule has 0 spiro atoms. The third-order valence-electron chi connectivity index (χ3n) is 3.37. The Morgan fingerprint density at radius 2 is 1.93 bits per heavy atom. The molecule has 0 amide bonds. The number of rotatable bonds is 6. The van der Waals surface area contributed by atoms with Crippen LogP contribution in [0.3, 0.4) is 0 Å². The normalized spacial score (nSPS) is 27.2. The Labute approximate surface area is 99.0 Å². The molecule has 0 aliphatic heterocycles. The van der Waals surface area contributed by atoms with Crippen LogP contribution in [-0.4, -0.2) is 42.1 Å². The lowest BCUT2D eigenvalue weighted by atomic mass is 9.91. The third kappa shape index (κ3) is 5.23. The summed E-state index contributed by atoms with van der Waals surface area (Å²) in [7, 11) is 2.28. The summed E-state index contributed by atoms with van der Waals surface area (Å²) < 4.78 is 0. The Kier molecular flexibility index (Phi) is 6.69. The van der Waals surface area contributed by atoms with Crippen LogP contribution >= 0.6 is 11.8 Å². The molecule has 1 aliphatic carbocycles. The van der Waals surface area contributed by atoms with Gasteiger partial charge in [-0.25, -0.2) is 0 Å². The second-order valence-electron chi connectivity index (χ2n) is 4.60. The lowest BCUT2D eigenvalue weighted by Crippen LogP contribution is -2.39. The monoisotopic (exact) mass is 230 g/mol. The van der Waals surface area contributed by atoms with Gasteiger partial charge >= 0.3 is 0 Å². The van der Waals surface area contributed by atoms with Gasteiger partial charge < -0.3 is 10.6 Å². The average molecular weight is 230 g/mol. The van der Waals surface area contributed by atoms with Crippen LogP contribution in [0.15, 0.2) is 0 Å². The summed E-state index contributed by atoms with van der Waals surface area (Å²) in [5.74, 6) is 2.56. The fourth-order valence-corrected chi connectivity index (χ4v) is 2.91. The van der Waals surface area contributed by atoms with Gasteiger partial charge in [-0.15, -0.1) is 0 Å². The number of hydrogen-bond acceptors (Lipinski definition) is 3. The van der Waals surface area contributed by atoms with Gasteiger partial charge in [-0.3, -0.25) is 0 Å². The van der Waals surface area contributed by atoms with E-state index in [0.29, 0.717) is 6.04 Å². The standard InChI is InChI=1S/C12H26N2S/c1-3-15-10-4-9-14(2)12-7-5-11(13)6-8-12/h11-12H,3-10,13H2,1-2H3. The summed E-state index contributed by atoms with van der Waals surface area (Å²) in [5, 5.41) is 0. The van der Waals surface area contributed by atoms with E-state index in [-0.39, 0.29) is 0 Å². The van der Waals surface area contributed by atoms with E-state index < -0.39 is 0 Å². The van der Waals surface area contributed by atoms with Crippen molar-refractivity contribution in [1.29, 1.82) is 0 Å². The fourth-order valence-electron chi connectivity index (χ4n) is 2.29. The summed E-state index contributed by atoms with van der Waals surface area (Å²) in [4.78, 5) is 2.54. The van der Waals surface area contributed by atoms with E-state index in [9.17, 15) is 0 Å². The fraction of sp³-hybridized carbons (Fsp3) is 1.00. The molecule has 0 radical (unpaired) electrons. The molecular formula is C12H26N2S. The zero-order chi connectivity index (χ0) is 11.1. The van der Waals surface area contributed by atoms with E-state index in [1.54, 1.807) is 0 Å². The number of nitrogens with two attached hydrogens (primary N) is 1. The molecule has 90 valence electrons. The van der Waals surface area contributed by atoms with Crippen LogP contribution in [0.5, 0.6) is 0 Å². The van der Waals surface area contributed by atoms with Gasteiger partial charge in [0.25, 0.3) is 0 Å². The minimum atomic E-state index is 0.477. The van der Waals surface area contributed by atoms with Crippen LogP contribution in [-0.2, 0) is 0 Å². The highest BCUT2D eigenvalue weighted by Crippen LogP contribution is 2.21. The van der Waals surface area contributed by atoms with Crippen LogP contribution in [0, 0.1) is 0 Å². The predicted octanol–water partition coefficient (Wildman–Crippen LogP) is 2.33. The highest BCUT2D eigenvalue weighted by Gasteiger charge is 2.21. The van der Waals surface area contributed by atoms with Gasteiger partial charge in [0.2, 0.25) is 0 Å². The molecule has 0 aromatic carbocycles. The second kappa shape index (κ2) is 7.53. The maximum atomic E-state index is 5.91. The number of nitrogens with zero attached hydrogens (tertiary/aromatic N) is 1. The van der Waals surface area contributed by atoms with Crippen LogP contribution in [0.1, 0.15) is 39.0 Å². The second-order valence-corrected chi connectivity index (χ2v) is 5.99. The lowest BCUT2D eigenvalue weighted by molar-refractivity contribution is 0.184. The number of thioether (sulfide) groups is 1. The molecule has 0 bridgehead atoms. The van der Waals surface area contributed by atoms with Crippen LogP contribution < -0.4 is 5.73 Å². The summed E-state index contributed by atoms with van der Waals surface area (Å²) >= 11 is 2.05. The largest absolute Gasteiger partial charge is 0.328 e. The summed E-state index contributed by atoms with van der Waals surface area (Å²) in [6.45, 7) is 3.49. The molecule has 1 aliphatic rings. The van der Waals surface area contributed by atoms with E-state index in [4.69, 9.17) is 5.73 Å². The molecule has 3 heteroatoms. The van der Waals surface area contributed by atoms with Crippen LogP contribution in [0.25, 0.3) is 0 Å². The van der Waals surface area contributed by atoms with Crippen molar-refractivity contribution in [1.82, 2.24) is 4.90 Å². The van der Waals surface area contributed by atoms with Crippen molar-refractivity contribution in [3.05, 3.63) is 0 Å². The quantitative estimate of drug-likeness (QED) is 0.710. The zero-order valence-corrected chi connectivity index (χ0v) is 11.1. The van der Waals surface area contributed by atoms with E-state index in [1.807, 2.05) is 0 Å². The Hall–Kier alpha value is 0.270. The summed E-state index contributed by atoms with van der Waals surface area (Å²) in [6.07, 6.45) is 6.38. The SMILES string of the molecule is CCSCCCN(C)C1CCC(N)CC1. The Bertz CT molecular complexity index is 156. The van der Waals surface area contributed by atoms with Crippen molar-refractivity contribution >= 4 is 11.8 Å². The minimum absolute atomic E-state index is 0.477. The van der Waals surface area contributed by atoms with Crippen LogP contribution in [0.4, 0.5) is 0 Å². The maximum absolute atomic E-state index is 5.91. The molecule has 1 fully saturated rings. The Morgan fingerprint density at radius 1 is 1.27 bits per heavy atom. The van der Waals surface area contributed by atoms with Gasteiger partial charge in [0.15, 0.2) is 0 Å². The molecule has 1 rings (SSSR count). The average Bonchev–Trinajstić information content (AvgIpc) is 2.25. The van der Waals surface area contributed by atoms with Crippen molar-refractivity contribution in [3.63, 3.8) is 0 Å². The first kappa shape index (κ1) is 13.3. The molecule has 0 atom stereocenters. The summed E-state index contributed by atoms with van der Waals surface area (Å²) in [6, 6.07) is 1.28. The van der Waals surface area contributed by atoms with E-state index >= 15 is 0 Å². The van der Waals surface area contributed by atoms with Gasteiger partial charge in [-0.1, -0.05) is 6.92 Å². The molecule has 2 N–H and O–H groups in total. The zero-order valence-electron chi connectivity index (χ0n) is 10.2. The molecular weight excluding hydrogens is 204 g/mol. The molecule has 15 heavy (non-hydrogen) atoms. The Balaban J connectivity index is 2.08. The van der Waals surface area contributed by atoms with Crippen molar-refractivity contribution in [2.24, 2.45) is 5.73 Å². The number of hydrogen-bond donors (Lipinski definition) is 1. The van der Waals surface area contributed by atoms with Crippen molar-refractivity contribution in [2.45, 2.75) is 51.1 Å². The van der Waals surface area contributed by atoms with Gasteiger partial charge in [-0.05, 0) is 57.2 Å². The first-order valence-corrected chi connectivity index (χ1v) is 7.43. The maximum Gasteiger partial charge on any atom is 0.00933 e. The third-order valence-corrected chi connectivity index (χ3v) is 4.35.